The van der Waals surface area contributed by atoms with Crippen LogP contribution in [0.5, 0.6) is 0 Å². The Labute approximate surface area is 120 Å². The number of anilines is 2. The van der Waals surface area contributed by atoms with Crippen LogP contribution in [0.3, 0.4) is 0 Å². The van der Waals surface area contributed by atoms with E-state index in [9.17, 15) is 9.18 Å². The molecule has 2 rings (SSSR count). The van der Waals surface area contributed by atoms with Crippen molar-refractivity contribution in [2.75, 3.05) is 24.6 Å². The summed E-state index contributed by atoms with van der Waals surface area (Å²) in [5, 5.41) is 4.53. The number of amides is 1. The van der Waals surface area contributed by atoms with Crippen LogP contribution in [0.2, 0.25) is 0 Å². The van der Waals surface area contributed by atoms with Crippen molar-refractivity contribution < 1.29 is 9.18 Å². The van der Waals surface area contributed by atoms with E-state index in [-0.39, 0.29) is 18.1 Å². The Morgan fingerprint density at radius 1 is 1.55 bits per heavy atom. The number of thiazole rings is 1. The predicted molar refractivity (Wildman–Crippen MR) is 77.9 cm³/mol. The Hall–Kier alpha value is -1.99. The van der Waals surface area contributed by atoms with E-state index in [1.54, 1.807) is 5.51 Å². The molecule has 0 aliphatic rings. The van der Waals surface area contributed by atoms with E-state index < -0.39 is 5.82 Å². The van der Waals surface area contributed by atoms with E-state index in [1.807, 2.05) is 17.3 Å². The summed E-state index contributed by atoms with van der Waals surface area (Å²) in [7, 11) is 1.81. The number of nitrogens with two attached hydrogens (primary N) is 1. The lowest BCUT2D eigenvalue weighted by molar-refractivity contribution is -0.117. The van der Waals surface area contributed by atoms with Crippen molar-refractivity contribution >= 4 is 28.6 Å². The summed E-state index contributed by atoms with van der Waals surface area (Å²) in [4.78, 5) is 17.8. The summed E-state index contributed by atoms with van der Waals surface area (Å²) >= 11 is 1.51. The molecule has 1 heterocycles. The molecular weight excluding hydrogens is 279 g/mol. The Morgan fingerprint density at radius 3 is 3.05 bits per heavy atom. The third kappa shape index (κ3) is 4.01. The van der Waals surface area contributed by atoms with E-state index in [1.165, 1.54) is 29.5 Å². The maximum Gasteiger partial charge on any atom is 0.238 e. The second-order valence-corrected chi connectivity index (χ2v) is 5.15. The van der Waals surface area contributed by atoms with Gasteiger partial charge in [-0.1, -0.05) is 0 Å². The van der Waals surface area contributed by atoms with Crippen molar-refractivity contribution in [3.05, 3.63) is 40.6 Å². The summed E-state index contributed by atoms with van der Waals surface area (Å²) in [6.45, 7) is 0.753. The Kier molecular flexibility index (Phi) is 4.65. The van der Waals surface area contributed by atoms with Gasteiger partial charge in [-0.2, -0.15) is 0 Å². The summed E-state index contributed by atoms with van der Waals surface area (Å²) in [5.41, 5.74) is 8.96. The summed E-state index contributed by atoms with van der Waals surface area (Å²) < 4.78 is 13.1. The molecule has 0 radical (unpaired) electrons. The maximum atomic E-state index is 13.1. The molecule has 1 amide bonds. The first-order chi connectivity index (χ1) is 9.54. The quantitative estimate of drug-likeness (QED) is 0.827. The number of nitrogens with zero attached hydrogens (tertiary/aromatic N) is 2. The minimum Gasteiger partial charge on any atom is -0.397 e. The molecule has 2 aromatic rings. The number of carbonyl (C=O) groups excluding carboxylic acids is 1. The average Bonchev–Trinajstić information content (AvgIpc) is 2.86. The van der Waals surface area contributed by atoms with Gasteiger partial charge in [0.25, 0.3) is 0 Å². The smallest absolute Gasteiger partial charge is 0.238 e. The number of benzene rings is 1. The lowest BCUT2D eigenvalue weighted by Gasteiger charge is -2.15. The summed E-state index contributed by atoms with van der Waals surface area (Å²) in [6, 6.07) is 3.87. The highest BCUT2D eigenvalue weighted by atomic mass is 32.1. The van der Waals surface area contributed by atoms with Crippen molar-refractivity contribution in [2.24, 2.45) is 0 Å². The molecule has 5 nitrogen and oxygen atoms in total. The first-order valence-electron chi connectivity index (χ1n) is 5.95. The molecule has 0 bridgehead atoms. The summed E-state index contributed by atoms with van der Waals surface area (Å²) in [6.07, 6.45) is 0. The zero-order chi connectivity index (χ0) is 14.5. The van der Waals surface area contributed by atoms with Crippen LogP contribution < -0.4 is 11.1 Å². The number of nitrogens with one attached hydrogen (secondary N) is 1. The van der Waals surface area contributed by atoms with Crippen LogP contribution in [0.4, 0.5) is 15.8 Å². The third-order valence-electron chi connectivity index (χ3n) is 2.62. The molecular formula is C13H15FN4OS. The Morgan fingerprint density at radius 2 is 2.35 bits per heavy atom. The van der Waals surface area contributed by atoms with Gasteiger partial charge < -0.3 is 11.1 Å². The molecule has 0 aliphatic heterocycles. The fourth-order valence-corrected chi connectivity index (χ4v) is 2.27. The van der Waals surface area contributed by atoms with Gasteiger partial charge in [-0.05, 0) is 25.2 Å². The minimum absolute atomic E-state index is 0.174. The SMILES string of the molecule is CN(CC(=O)Nc1cc(F)ccc1N)Cc1cscn1. The molecule has 0 saturated heterocycles. The van der Waals surface area contributed by atoms with Crippen LogP contribution in [-0.4, -0.2) is 29.4 Å². The monoisotopic (exact) mass is 294 g/mol. The normalized spacial score (nSPS) is 10.8. The van der Waals surface area contributed by atoms with Crippen LogP contribution in [-0.2, 0) is 11.3 Å². The van der Waals surface area contributed by atoms with Crippen molar-refractivity contribution in [2.45, 2.75) is 6.54 Å². The molecule has 0 fully saturated rings. The molecule has 0 spiro atoms. The highest BCUT2D eigenvalue weighted by Gasteiger charge is 2.10. The Bertz CT molecular complexity index is 588. The van der Waals surface area contributed by atoms with Crippen molar-refractivity contribution in [3.8, 4) is 0 Å². The number of carbonyl (C=O) groups is 1. The minimum atomic E-state index is -0.440. The van der Waals surface area contributed by atoms with Gasteiger partial charge in [0.1, 0.15) is 5.82 Å². The van der Waals surface area contributed by atoms with Crippen LogP contribution in [0.15, 0.2) is 29.1 Å². The van der Waals surface area contributed by atoms with E-state index in [0.29, 0.717) is 12.2 Å². The van der Waals surface area contributed by atoms with Crippen molar-refractivity contribution in [3.63, 3.8) is 0 Å². The average molecular weight is 294 g/mol. The van der Waals surface area contributed by atoms with Crippen LogP contribution >= 0.6 is 11.3 Å². The number of rotatable bonds is 5. The molecule has 0 atom stereocenters. The van der Waals surface area contributed by atoms with Gasteiger partial charge in [-0.3, -0.25) is 9.69 Å². The first kappa shape index (κ1) is 14.4. The van der Waals surface area contributed by atoms with Crippen LogP contribution in [0.25, 0.3) is 0 Å². The number of hydrogen-bond donors (Lipinski definition) is 2. The molecule has 3 N–H and O–H groups in total. The van der Waals surface area contributed by atoms with Crippen molar-refractivity contribution in [1.29, 1.82) is 0 Å². The number of nitrogen functional groups attached to an aromatic ring is 1. The van der Waals surface area contributed by atoms with Crippen LogP contribution in [0.1, 0.15) is 5.69 Å². The number of hydrogen-bond acceptors (Lipinski definition) is 5. The highest BCUT2D eigenvalue weighted by Crippen LogP contribution is 2.19. The lowest BCUT2D eigenvalue weighted by Crippen LogP contribution is -2.30. The molecule has 0 aliphatic carbocycles. The first-order valence-corrected chi connectivity index (χ1v) is 6.89. The lowest BCUT2D eigenvalue weighted by atomic mass is 10.2. The van der Waals surface area contributed by atoms with E-state index >= 15 is 0 Å². The molecule has 1 aromatic heterocycles. The van der Waals surface area contributed by atoms with Gasteiger partial charge in [0, 0.05) is 11.9 Å². The number of halogens is 1. The van der Waals surface area contributed by atoms with Crippen molar-refractivity contribution in [1.82, 2.24) is 9.88 Å². The van der Waals surface area contributed by atoms with Gasteiger partial charge >= 0.3 is 0 Å². The van der Waals surface area contributed by atoms with E-state index in [2.05, 4.69) is 10.3 Å². The fourth-order valence-electron chi connectivity index (χ4n) is 1.72. The molecule has 7 heteroatoms. The fraction of sp³-hybridized carbons (Fsp3) is 0.231. The highest BCUT2D eigenvalue weighted by molar-refractivity contribution is 7.07. The Balaban J connectivity index is 1.90. The zero-order valence-electron chi connectivity index (χ0n) is 11.0. The molecule has 1 aromatic carbocycles. The van der Waals surface area contributed by atoms with Gasteiger partial charge in [-0.25, -0.2) is 9.37 Å². The molecule has 20 heavy (non-hydrogen) atoms. The van der Waals surface area contributed by atoms with Gasteiger partial charge in [-0.15, -0.1) is 11.3 Å². The second-order valence-electron chi connectivity index (χ2n) is 4.43. The second kappa shape index (κ2) is 6.44. The van der Waals surface area contributed by atoms with E-state index in [4.69, 9.17) is 5.73 Å². The van der Waals surface area contributed by atoms with Gasteiger partial charge in [0.05, 0.1) is 29.1 Å². The predicted octanol–water partition coefficient (Wildman–Crippen LogP) is 1.93. The molecule has 0 unspecified atom stereocenters. The topological polar surface area (TPSA) is 71.2 Å². The van der Waals surface area contributed by atoms with E-state index in [0.717, 1.165) is 5.69 Å². The summed E-state index contributed by atoms with van der Waals surface area (Å²) in [5.74, 6) is -0.689. The maximum absolute atomic E-state index is 13.1. The largest absolute Gasteiger partial charge is 0.397 e. The van der Waals surface area contributed by atoms with Gasteiger partial charge in [0.15, 0.2) is 0 Å². The van der Waals surface area contributed by atoms with Gasteiger partial charge in [0.2, 0.25) is 5.91 Å². The third-order valence-corrected chi connectivity index (χ3v) is 3.25. The number of aromatic nitrogens is 1. The standard InChI is InChI=1S/C13H15FN4OS/c1-18(5-10-7-20-8-16-10)6-13(19)17-12-4-9(14)2-3-11(12)15/h2-4,7-8H,5-6,15H2,1H3,(H,17,19). The molecule has 106 valence electrons. The van der Waals surface area contributed by atoms with Crippen LogP contribution in [0, 0.1) is 5.82 Å². The molecule has 0 saturated carbocycles. The zero-order valence-corrected chi connectivity index (χ0v) is 11.8. The number of likely N-dealkylation sites (N-methyl/N-ethyl adjacent to an activating group) is 1.